The Bertz CT molecular complexity index is 1480. The first-order valence-corrected chi connectivity index (χ1v) is 11.4. The van der Waals surface area contributed by atoms with Crippen LogP contribution in [0.2, 0.25) is 0 Å². The van der Waals surface area contributed by atoms with Crippen molar-refractivity contribution in [3.05, 3.63) is 92.2 Å². The maximum atomic E-state index is 13.2. The predicted molar refractivity (Wildman–Crippen MR) is 130 cm³/mol. The highest BCUT2D eigenvalue weighted by Crippen LogP contribution is 2.29. The van der Waals surface area contributed by atoms with Gasteiger partial charge in [-0.3, -0.25) is 14.8 Å². The zero-order chi connectivity index (χ0) is 23.5. The third-order valence-electron chi connectivity index (χ3n) is 5.10. The van der Waals surface area contributed by atoms with Crippen LogP contribution < -0.4 is 5.32 Å². The summed E-state index contributed by atoms with van der Waals surface area (Å²) in [5, 5.41) is 2.98. The predicted octanol–water partition coefficient (Wildman–Crippen LogP) is 4.37. The van der Waals surface area contributed by atoms with E-state index in [-0.39, 0.29) is 5.91 Å². The number of pyridine rings is 2. The van der Waals surface area contributed by atoms with E-state index in [0.29, 0.717) is 26.8 Å². The number of rotatable bonds is 6. The summed E-state index contributed by atoms with van der Waals surface area (Å²) in [5.41, 5.74) is 5.18. The van der Waals surface area contributed by atoms with Crippen molar-refractivity contribution in [3.63, 3.8) is 0 Å². The Labute approximate surface area is 198 Å². The smallest absolute Gasteiger partial charge is 0.269 e. The monoisotopic (exact) mass is 466 g/mol. The van der Waals surface area contributed by atoms with Crippen LogP contribution in [0.25, 0.3) is 33.5 Å². The van der Waals surface area contributed by atoms with E-state index >= 15 is 0 Å². The van der Waals surface area contributed by atoms with Gasteiger partial charge in [-0.1, -0.05) is 18.7 Å². The molecule has 0 spiro atoms. The number of anilines is 1. The second kappa shape index (κ2) is 9.26. The fourth-order valence-corrected chi connectivity index (χ4v) is 4.43. The number of amides is 1. The van der Waals surface area contributed by atoms with Crippen molar-refractivity contribution in [2.45, 2.75) is 9.92 Å². The molecule has 0 saturated carbocycles. The summed E-state index contributed by atoms with van der Waals surface area (Å²) >= 11 is -1.59. The molecule has 5 rings (SSSR count). The Morgan fingerprint density at radius 2 is 1.91 bits per heavy atom. The Kier molecular flexibility index (Phi) is 5.86. The summed E-state index contributed by atoms with van der Waals surface area (Å²) in [7, 11) is 0. The minimum absolute atomic E-state index is 0.307. The first-order valence-electron chi connectivity index (χ1n) is 10.3. The van der Waals surface area contributed by atoms with Gasteiger partial charge in [0.1, 0.15) is 11.7 Å². The van der Waals surface area contributed by atoms with Gasteiger partial charge in [-0.2, -0.15) is 4.98 Å². The lowest BCUT2D eigenvalue weighted by Crippen LogP contribution is -2.09. The first-order chi connectivity index (χ1) is 16.6. The van der Waals surface area contributed by atoms with Gasteiger partial charge in [-0.15, -0.1) is 0 Å². The van der Waals surface area contributed by atoms with Crippen LogP contribution in [0.4, 0.5) is 5.69 Å². The third kappa shape index (κ3) is 4.29. The number of nitrogens with zero attached hydrogens (tertiary/aromatic N) is 4. The molecule has 0 radical (unpaired) electrons. The number of carbonyl (C=O) groups is 1. The number of benzene rings is 1. The summed E-state index contributed by atoms with van der Waals surface area (Å²) in [6.07, 6.45) is 9.70. The van der Waals surface area contributed by atoms with Crippen LogP contribution in [-0.2, 0) is 16.0 Å². The summed E-state index contributed by atoms with van der Waals surface area (Å²) in [6.45, 7) is 3.44. The van der Waals surface area contributed by atoms with E-state index in [2.05, 4.69) is 36.8 Å². The van der Waals surface area contributed by atoms with Gasteiger partial charge in [0, 0.05) is 64.4 Å². The highest BCUT2D eigenvalue weighted by Gasteiger charge is 2.20. The average Bonchev–Trinajstić information content (AvgIpc) is 3.32. The van der Waals surface area contributed by atoms with Crippen molar-refractivity contribution in [2.75, 3.05) is 5.32 Å². The van der Waals surface area contributed by atoms with Gasteiger partial charge in [0.15, 0.2) is 10.5 Å². The molecule has 34 heavy (non-hydrogen) atoms. The number of H-pyrrole nitrogens is 1. The largest absolute Gasteiger partial charge is 0.605 e. The van der Waals surface area contributed by atoms with Gasteiger partial charge in [-0.05, 0) is 36.4 Å². The molecule has 4 heterocycles. The topological polar surface area (TPSA) is 120 Å². The molecule has 5 aromatic rings. The van der Waals surface area contributed by atoms with E-state index < -0.39 is 11.2 Å². The van der Waals surface area contributed by atoms with E-state index in [1.165, 1.54) is 12.3 Å². The molecule has 1 amide bonds. The van der Waals surface area contributed by atoms with Crippen LogP contribution in [0.5, 0.6) is 0 Å². The molecular weight excluding hydrogens is 448 g/mol. The number of hydrogen-bond donors (Lipinski definition) is 2. The Hall–Kier alpha value is -4.34. The number of aromatic amines is 1. The quantitative estimate of drug-likeness (QED) is 0.283. The van der Waals surface area contributed by atoms with Crippen LogP contribution >= 0.6 is 0 Å². The van der Waals surface area contributed by atoms with Gasteiger partial charge in [0.25, 0.3) is 5.03 Å². The van der Waals surface area contributed by atoms with Crippen LogP contribution in [0.1, 0.15) is 0 Å². The maximum Gasteiger partial charge on any atom is 0.269 e. The molecule has 0 aliphatic rings. The highest BCUT2D eigenvalue weighted by molar-refractivity contribution is 7.91. The van der Waals surface area contributed by atoms with Crippen LogP contribution in [-0.4, -0.2) is 35.4 Å². The number of hydrogen-bond acceptors (Lipinski definition) is 6. The minimum Gasteiger partial charge on any atom is -0.605 e. The fourth-order valence-electron chi connectivity index (χ4n) is 3.43. The standard InChI is InChI=1S/C25H18N6O2S/c1-2-22(32)30-18-4-3-5-19(12-18)34(33)23-15-29-25-24(31-23)20(14-28-25)17-6-7-21(27-13-17)16-8-10-26-11-9-16/h2-15H,1H2,(H,28,29)(H,30,32). The van der Waals surface area contributed by atoms with Crippen molar-refractivity contribution >= 4 is 33.9 Å². The number of aromatic nitrogens is 5. The van der Waals surface area contributed by atoms with Crippen LogP contribution in [0, 0.1) is 0 Å². The Balaban J connectivity index is 1.46. The van der Waals surface area contributed by atoms with Crippen LogP contribution in [0.3, 0.4) is 0 Å². The van der Waals surface area contributed by atoms with Gasteiger partial charge < -0.3 is 14.9 Å². The SMILES string of the molecule is C=CC(=O)Nc1cccc([S+]([O-])c2cnc3[nH]cc(-c4ccc(-c5ccncc5)nc4)c3n2)c1. The lowest BCUT2D eigenvalue weighted by Gasteiger charge is -2.10. The van der Waals surface area contributed by atoms with Crippen molar-refractivity contribution in [2.24, 2.45) is 0 Å². The molecule has 1 unspecified atom stereocenters. The molecule has 9 heteroatoms. The zero-order valence-electron chi connectivity index (χ0n) is 17.8. The molecule has 0 fully saturated rings. The van der Waals surface area contributed by atoms with Crippen molar-refractivity contribution in [1.29, 1.82) is 0 Å². The van der Waals surface area contributed by atoms with E-state index in [9.17, 15) is 9.35 Å². The van der Waals surface area contributed by atoms with E-state index in [4.69, 9.17) is 0 Å². The average molecular weight is 467 g/mol. The Morgan fingerprint density at radius 3 is 2.68 bits per heavy atom. The third-order valence-corrected chi connectivity index (χ3v) is 6.36. The van der Waals surface area contributed by atoms with Crippen molar-refractivity contribution < 1.29 is 9.35 Å². The normalized spacial score (nSPS) is 11.8. The van der Waals surface area contributed by atoms with E-state index in [0.717, 1.165) is 22.4 Å². The zero-order valence-corrected chi connectivity index (χ0v) is 18.6. The number of carbonyl (C=O) groups excluding carboxylic acids is 1. The van der Waals surface area contributed by atoms with Crippen LogP contribution in [0.15, 0.2) is 102 Å². The van der Waals surface area contributed by atoms with Gasteiger partial charge in [0.05, 0.1) is 5.69 Å². The number of fused-ring (bicyclic) bond motifs is 1. The van der Waals surface area contributed by atoms with E-state index in [1.54, 1.807) is 42.9 Å². The molecule has 0 saturated heterocycles. The summed E-state index contributed by atoms with van der Waals surface area (Å²) in [6, 6.07) is 14.5. The Morgan fingerprint density at radius 1 is 1.06 bits per heavy atom. The van der Waals surface area contributed by atoms with Crippen molar-refractivity contribution in [1.82, 2.24) is 24.9 Å². The van der Waals surface area contributed by atoms with Gasteiger partial charge >= 0.3 is 0 Å². The molecule has 0 bridgehead atoms. The van der Waals surface area contributed by atoms with Crippen molar-refractivity contribution in [3.8, 4) is 22.4 Å². The molecule has 0 aliphatic carbocycles. The van der Waals surface area contributed by atoms with E-state index in [1.807, 2.05) is 30.5 Å². The lowest BCUT2D eigenvalue weighted by atomic mass is 10.1. The molecule has 8 nitrogen and oxygen atoms in total. The first kappa shape index (κ1) is 21.5. The highest BCUT2D eigenvalue weighted by atomic mass is 32.2. The second-order valence-electron chi connectivity index (χ2n) is 7.27. The van der Waals surface area contributed by atoms with Gasteiger partial charge in [-0.25, -0.2) is 4.98 Å². The molecule has 2 N–H and O–H groups in total. The molecular formula is C25H18N6O2S. The summed E-state index contributed by atoms with van der Waals surface area (Å²) in [5.74, 6) is -0.343. The fraction of sp³-hybridized carbons (Fsp3) is 0. The van der Waals surface area contributed by atoms with Gasteiger partial charge in [0.2, 0.25) is 5.91 Å². The molecule has 0 aliphatic heterocycles. The lowest BCUT2D eigenvalue weighted by molar-refractivity contribution is -0.111. The molecule has 1 aromatic carbocycles. The molecule has 166 valence electrons. The molecule has 1 atom stereocenters. The summed E-state index contributed by atoms with van der Waals surface area (Å²) in [4.78, 5) is 32.8. The maximum absolute atomic E-state index is 13.2. The minimum atomic E-state index is -1.59. The number of nitrogens with one attached hydrogen (secondary N) is 2. The summed E-state index contributed by atoms with van der Waals surface area (Å²) < 4.78 is 13.2. The molecule has 4 aromatic heterocycles. The second-order valence-corrected chi connectivity index (χ2v) is 8.69.